The van der Waals surface area contributed by atoms with E-state index in [-0.39, 0.29) is 29.7 Å². The summed E-state index contributed by atoms with van der Waals surface area (Å²) in [5.41, 5.74) is 3.32. The number of benzene rings is 2. The lowest BCUT2D eigenvalue weighted by molar-refractivity contribution is 0.0906. The van der Waals surface area contributed by atoms with Crippen molar-refractivity contribution >= 4 is 5.91 Å². The standard InChI is InChI=1S/C28H31N3O3/c1-5-31-25(17-18-29-31)20(2)30-27(32)26-16-15-24(34-26)19-33-23-13-11-22(12-14-23)28(3,4)21-9-7-6-8-10-21/h6-18,20H,5,19H2,1-4H3,(H,30,32). The van der Waals surface area contributed by atoms with E-state index in [1.54, 1.807) is 18.3 Å². The number of carbonyl (C=O) groups excluding carboxylic acids is 1. The van der Waals surface area contributed by atoms with E-state index in [0.717, 1.165) is 18.0 Å². The van der Waals surface area contributed by atoms with E-state index in [0.29, 0.717) is 5.76 Å². The van der Waals surface area contributed by atoms with Crippen LogP contribution in [0, 0.1) is 0 Å². The number of furan rings is 1. The number of amides is 1. The maximum absolute atomic E-state index is 12.6. The number of aromatic nitrogens is 2. The summed E-state index contributed by atoms with van der Waals surface area (Å²) in [5.74, 6) is 1.32. The summed E-state index contributed by atoms with van der Waals surface area (Å²) in [6.07, 6.45) is 1.74. The molecule has 2 heterocycles. The predicted molar refractivity (Wildman–Crippen MR) is 132 cm³/mol. The van der Waals surface area contributed by atoms with Gasteiger partial charge in [0.25, 0.3) is 5.91 Å². The summed E-state index contributed by atoms with van der Waals surface area (Å²) in [4.78, 5) is 12.6. The lowest BCUT2D eigenvalue weighted by atomic mass is 9.78. The molecule has 0 fully saturated rings. The van der Waals surface area contributed by atoms with Gasteiger partial charge in [-0.1, -0.05) is 56.3 Å². The topological polar surface area (TPSA) is 69.3 Å². The van der Waals surface area contributed by atoms with Crippen molar-refractivity contribution in [3.05, 3.63) is 107 Å². The SMILES string of the molecule is CCn1nccc1C(C)NC(=O)c1ccc(COc2ccc(C(C)(C)c3ccccc3)cc2)o1. The highest BCUT2D eigenvalue weighted by atomic mass is 16.5. The molecule has 4 aromatic rings. The summed E-state index contributed by atoms with van der Waals surface area (Å²) in [6.45, 7) is 9.36. The molecule has 1 unspecified atom stereocenters. The highest BCUT2D eigenvalue weighted by molar-refractivity contribution is 5.91. The van der Waals surface area contributed by atoms with Crippen molar-refractivity contribution in [2.45, 2.75) is 52.3 Å². The van der Waals surface area contributed by atoms with E-state index in [4.69, 9.17) is 9.15 Å². The fourth-order valence-corrected chi connectivity index (χ4v) is 4.04. The van der Waals surface area contributed by atoms with Crippen molar-refractivity contribution in [3.63, 3.8) is 0 Å². The van der Waals surface area contributed by atoms with Crippen LogP contribution in [0.4, 0.5) is 0 Å². The molecule has 1 amide bonds. The number of aryl methyl sites for hydroxylation is 1. The van der Waals surface area contributed by atoms with E-state index in [2.05, 4.69) is 60.7 Å². The van der Waals surface area contributed by atoms with Gasteiger partial charge in [-0.3, -0.25) is 9.48 Å². The van der Waals surface area contributed by atoms with Gasteiger partial charge in [0.15, 0.2) is 5.76 Å². The fourth-order valence-electron chi connectivity index (χ4n) is 4.04. The Labute approximate surface area is 200 Å². The van der Waals surface area contributed by atoms with E-state index < -0.39 is 0 Å². The Hall–Kier alpha value is -3.80. The molecule has 0 saturated carbocycles. The molecular weight excluding hydrogens is 426 g/mol. The first kappa shape index (κ1) is 23.4. The van der Waals surface area contributed by atoms with Gasteiger partial charge >= 0.3 is 0 Å². The minimum absolute atomic E-state index is 0.102. The second-order valence-corrected chi connectivity index (χ2v) is 8.84. The molecule has 0 saturated heterocycles. The third-order valence-corrected chi connectivity index (χ3v) is 6.18. The largest absolute Gasteiger partial charge is 0.486 e. The monoisotopic (exact) mass is 457 g/mol. The predicted octanol–water partition coefficient (Wildman–Crippen LogP) is 5.89. The number of nitrogens with one attached hydrogen (secondary N) is 1. The zero-order valence-electron chi connectivity index (χ0n) is 20.1. The van der Waals surface area contributed by atoms with Crippen LogP contribution in [0.2, 0.25) is 0 Å². The Morgan fingerprint density at radius 3 is 2.44 bits per heavy atom. The average Bonchev–Trinajstić information content (AvgIpc) is 3.53. The van der Waals surface area contributed by atoms with Gasteiger partial charge < -0.3 is 14.5 Å². The third kappa shape index (κ3) is 5.06. The van der Waals surface area contributed by atoms with Crippen LogP contribution in [0.3, 0.4) is 0 Å². The smallest absolute Gasteiger partial charge is 0.287 e. The fraction of sp³-hybridized carbons (Fsp3) is 0.286. The maximum Gasteiger partial charge on any atom is 0.287 e. The molecule has 0 radical (unpaired) electrons. The van der Waals surface area contributed by atoms with E-state index >= 15 is 0 Å². The Morgan fingerprint density at radius 1 is 1.03 bits per heavy atom. The molecule has 0 spiro atoms. The third-order valence-electron chi connectivity index (χ3n) is 6.18. The number of rotatable bonds is 9. The molecule has 6 heteroatoms. The average molecular weight is 458 g/mol. The minimum Gasteiger partial charge on any atom is -0.486 e. The van der Waals surface area contributed by atoms with Gasteiger partial charge in [0.2, 0.25) is 0 Å². The number of hydrogen-bond acceptors (Lipinski definition) is 4. The zero-order chi connectivity index (χ0) is 24.1. The summed E-state index contributed by atoms with van der Waals surface area (Å²) in [6, 6.07) is 23.7. The first-order chi connectivity index (χ1) is 16.4. The number of nitrogens with zero attached hydrogens (tertiary/aromatic N) is 2. The normalized spacial score (nSPS) is 12.4. The molecule has 0 aliphatic heterocycles. The Bertz CT molecular complexity index is 1220. The van der Waals surface area contributed by atoms with Gasteiger partial charge in [-0.15, -0.1) is 0 Å². The van der Waals surface area contributed by atoms with Crippen LogP contribution in [-0.2, 0) is 18.6 Å². The Morgan fingerprint density at radius 2 is 1.74 bits per heavy atom. The molecule has 1 N–H and O–H groups in total. The van der Waals surface area contributed by atoms with Crippen LogP contribution in [0.1, 0.15) is 66.9 Å². The second kappa shape index (κ2) is 10.00. The lowest BCUT2D eigenvalue weighted by Crippen LogP contribution is -2.28. The zero-order valence-corrected chi connectivity index (χ0v) is 20.1. The molecule has 0 aliphatic carbocycles. The molecule has 0 bridgehead atoms. The van der Waals surface area contributed by atoms with Gasteiger partial charge in [-0.25, -0.2) is 0 Å². The molecule has 0 aliphatic rings. The van der Waals surface area contributed by atoms with Crippen LogP contribution in [-0.4, -0.2) is 15.7 Å². The highest BCUT2D eigenvalue weighted by Crippen LogP contribution is 2.32. The lowest BCUT2D eigenvalue weighted by Gasteiger charge is -2.26. The van der Waals surface area contributed by atoms with Crippen LogP contribution in [0.15, 0.2) is 83.4 Å². The Kier molecular flexibility index (Phi) is 6.87. The molecule has 34 heavy (non-hydrogen) atoms. The van der Waals surface area contributed by atoms with Crippen molar-refractivity contribution in [1.29, 1.82) is 0 Å². The first-order valence-corrected chi connectivity index (χ1v) is 11.6. The van der Waals surface area contributed by atoms with Crippen molar-refractivity contribution < 1.29 is 13.9 Å². The molecule has 4 rings (SSSR count). The van der Waals surface area contributed by atoms with E-state index in [9.17, 15) is 4.79 Å². The van der Waals surface area contributed by atoms with Gasteiger partial charge in [0, 0.05) is 18.2 Å². The first-order valence-electron chi connectivity index (χ1n) is 11.6. The van der Waals surface area contributed by atoms with Crippen molar-refractivity contribution in [2.24, 2.45) is 0 Å². The molecule has 1 atom stereocenters. The Balaban J connectivity index is 1.34. The van der Waals surface area contributed by atoms with Crippen molar-refractivity contribution in [3.8, 4) is 5.75 Å². The summed E-state index contributed by atoms with van der Waals surface area (Å²) in [7, 11) is 0. The maximum atomic E-state index is 12.6. The molecular formula is C28H31N3O3. The number of hydrogen-bond donors (Lipinski definition) is 1. The van der Waals surface area contributed by atoms with Gasteiger partial charge in [0.05, 0.1) is 11.7 Å². The second-order valence-electron chi connectivity index (χ2n) is 8.84. The van der Waals surface area contributed by atoms with Gasteiger partial charge in [-0.05, 0) is 55.3 Å². The van der Waals surface area contributed by atoms with Crippen LogP contribution in [0.25, 0.3) is 0 Å². The summed E-state index contributed by atoms with van der Waals surface area (Å²) < 4.78 is 13.5. The summed E-state index contributed by atoms with van der Waals surface area (Å²) >= 11 is 0. The quantitative estimate of drug-likeness (QED) is 0.340. The van der Waals surface area contributed by atoms with Crippen molar-refractivity contribution in [2.75, 3.05) is 0 Å². The van der Waals surface area contributed by atoms with Crippen LogP contribution >= 0.6 is 0 Å². The highest BCUT2D eigenvalue weighted by Gasteiger charge is 2.23. The van der Waals surface area contributed by atoms with Crippen LogP contribution < -0.4 is 10.1 Å². The molecule has 2 aromatic carbocycles. The number of carbonyl (C=O) groups is 1. The summed E-state index contributed by atoms with van der Waals surface area (Å²) in [5, 5.41) is 7.21. The molecule has 176 valence electrons. The van der Waals surface area contributed by atoms with Crippen molar-refractivity contribution in [1.82, 2.24) is 15.1 Å². The van der Waals surface area contributed by atoms with Crippen LogP contribution in [0.5, 0.6) is 5.75 Å². The van der Waals surface area contributed by atoms with E-state index in [1.165, 1.54) is 11.1 Å². The van der Waals surface area contributed by atoms with Gasteiger partial charge in [0.1, 0.15) is 18.1 Å². The minimum atomic E-state index is -0.268. The number of ether oxygens (including phenoxy) is 1. The molecule has 6 nitrogen and oxygen atoms in total. The molecule has 2 aromatic heterocycles. The van der Waals surface area contributed by atoms with E-state index in [1.807, 2.05) is 42.8 Å². The van der Waals surface area contributed by atoms with Gasteiger partial charge in [-0.2, -0.15) is 5.10 Å².